The normalized spacial score (nSPS) is 21.0. The van der Waals surface area contributed by atoms with Crippen molar-refractivity contribution in [1.29, 1.82) is 0 Å². The van der Waals surface area contributed by atoms with Crippen molar-refractivity contribution in [2.75, 3.05) is 6.61 Å². The summed E-state index contributed by atoms with van der Waals surface area (Å²) < 4.78 is 3.90. The lowest BCUT2D eigenvalue weighted by molar-refractivity contribution is -0.189. The van der Waals surface area contributed by atoms with Gasteiger partial charge in [-0.2, -0.15) is 0 Å². The largest absolute Gasteiger partial charge is 0.635 e. The average Bonchev–Trinajstić information content (AvgIpc) is 2.23. The molecule has 10 heteroatoms. The van der Waals surface area contributed by atoms with Gasteiger partial charge in [-0.25, -0.2) is 0 Å². The van der Waals surface area contributed by atoms with Gasteiger partial charge in [0.15, 0.2) is 6.29 Å². The zero-order valence-corrected chi connectivity index (χ0v) is 8.16. The van der Waals surface area contributed by atoms with Crippen molar-refractivity contribution in [1.82, 2.24) is 0 Å². The maximum absolute atomic E-state index is 9.20. The van der Waals surface area contributed by atoms with Crippen molar-refractivity contribution < 1.29 is 45.3 Å². The van der Waals surface area contributed by atoms with Gasteiger partial charge in [0.05, 0.1) is 6.61 Å². The number of aliphatic hydroxyl groups excluding tert-OH is 6. The second-order valence-electron chi connectivity index (χ2n) is 3.07. The van der Waals surface area contributed by atoms with Crippen LogP contribution < -0.4 is 0 Å². The van der Waals surface area contributed by atoms with Gasteiger partial charge in [-0.3, -0.25) is 0 Å². The summed E-state index contributed by atoms with van der Waals surface area (Å²) in [4.78, 5) is 0. The maximum atomic E-state index is 9.20. The highest BCUT2D eigenvalue weighted by Gasteiger charge is 2.35. The minimum atomic E-state index is -2.38. The van der Waals surface area contributed by atoms with Crippen LogP contribution in [0.5, 0.6) is 0 Å². The molecule has 0 amide bonds. The Morgan fingerprint density at radius 1 is 0.875 bits per heavy atom. The Morgan fingerprint density at radius 3 is 1.75 bits per heavy atom. The molecule has 0 aliphatic rings. The van der Waals surface area contributed by atoms with E-state index in [-0.39, 0.29) is 0 Å². The van der Waals surface area contributed by atoms with Crippen molar-refractivity contribution in [2.24, 2.45) is 0 Å². The lowest BCUT2D eigenvalue weighted by Gasteiger charge is -2.28. The molecule has 9 nitrogen and oxygen atoms in total. The molecule has 0 saturated heterocycles. The quantitative estimate of drug-likeness (QED) is 0.160. The fourth-order valence-electron chi connectivity index (χ4n) is 0.912. The summed E-state index contributed by atoms with van der Waals surface area (Å²) in [5, 5.41) is 70.3. The second-order valence-corrected chi connectivity index (χ2v) is 3.07. The Hall–Kier alpha value is -0.295. The molecule has 0 aromatic heterocycles. The first kappa shape index (κ1) is 15.7. The molecule has 0 bridgehead atoms. The van der Waals surface area contributed by atoms with E-state index < -0.39 is 44.6 Å². The van der Waals surface area contributed by atoms with Crippen molar-refractivity contribution in [2.45, 2.75) is 30.7 Å². The average molecular weight is 242 g/mol. The van der Waals surface area contributed by atoms with E-state index in [0.717, 1.165) is 0 Å². The maximum Gasteiger partial charge on any atom is 0.635 e. The zero-order chi connectivity index (χ0) is 12.9. The lowest BCUT2D eigenvalue weighted by Crippen LogP contribution is -2.51. The number of hydrogen-bond acceptors (Lipinski definition) is 9. The Morgan fingerprint density at radius 2 is 1.38 bits per heavy atom. The van der Waals surface area contributed by atoms with Gasteiger partial charge in [0.25, 0.3) is 0 Å². The van der Waals surface area contributed by atoms with Crippen molar-refractivity contribution in [3.8, 4) is 0 Å². The second kappa shape index (κ2) is 7.11. The fourth-order valence-corrected chi connectivity index (χ4v) is 0.912. The van der Waals surface area contributed by atoms with Crippen LogP contribution >= 0.6 is 0 Å². The minimum absolute atomic E-state index is 0.871. The first-order valence-electron chi connectivity index (χ1n) is 4.34. The van der Waals surface area contributed by atoms with Crippen molar-refractivity contribution in [3.05, 3.63) is 0 Å². The number of hydrogen-bond donors (Lipinski definition) is 8. The summed E-state index contributed by atoms with van der Waals surface area (Å²) >= 11 is 0. The highest BCUT2D eigenvalue weighted by atomic mass is 16.7. The smallest absolute Gasteiger partial charge is 0.402 e. The third-order valence-electron chi connectivity index (χ3n) is 1.83. The zero-order valence-electron chi connectivity index (χ0n) is 8.16. The van der Waals surface area contributed by atoms with E-state index in [1.165, 1.54) is 0 Å². The third-order valence-corrected chi connectivity index (χ3v) is 1.83. The van der Waals surface area contributed by atoms with Gasteiger partial charge in [0.1, 0.15) is 24.4 Å². The van der Waals surface area contributed by atoms with E-state index in [4.69, 9.17) is 35.6 Å². The predicted molar refractivity (Wildman–Crippen MR) is 48.4 cm³/mol. The van der Waals surface area contributed by atoms with E-state index >= 15 is 0 Å². The molecule has 0 aromatic rings. The molecule has 1 unspecified atom stereocenters. The standard InChI is InChI=1S/C6H15BO9/c8-1-2(9)3(10)4(11)5(12)6(13)16-7(14)15/h2-6,8-15H,1H2/t2-,3-,4+,5+,6?/m1/s1. The summed E-state index contributed by atoms with van der Waals surface area (Å²) in [5.74, 6) is 0. The Balaban J connectivity index is 4.30. The van der Waals surface area contributed by atoms with E-state index in [1.54, 1.807) is 0 Å². The van der Waals surface area contributed by atoms with Gasteiger partial charge in [-0.05, 0) is 0 Å². The van der Waals surface area contributed by atoms with Crippen molar-refractivity contribution in [3.63, 3.8) is 0 Å². The topological polar surface area (TPSA) is 171 Å². The van der Waals surface area contributed by atoms with Gasteiger partial charge < -0.3 is 45.3 Å². The molecule has 16 heavy (non-hydrogen) atoms. The molecule has 0 aromatic carbocycles. The molecule has 0 heterocycles. The van der Waals surface area contributed by atoms with E-state index in [2.05, 4.69) is 4.65 Å². The fraction of sp³-hybridized carbons (Fsp3) is 1.00. The van der Waals surface area contributed by atoms with Crippen LogP contribution in [-0.4, -0.2) is 85.3 Å². The third kappa shape index (κ3) is 4.70. The summed E-state index contributed by atoms with van der Waals surface area (Å²) in [7, 11) is -2.38. The minimum Gasteiger partial charge on any atom is -0.402 e. The van der Waals surface area contributed by atoms with E-state index in [1.807, 2.05) is 0 Å². The SMILES string of the molecule is OC[C@@H](O)[C@@H](O)[C@H](O)[C@H](O)C(O)OB(O)O. The molecule has 0 rings (SSSR count). The number of rotatable bonds is 7. The molecule has 0 saturated carbocycles. The molecule has 5 atom stereocenters. The summed E-state index contributed by atoms with van der Waals surface area (Å²) in [6.07, 6.45) is -9.99. The van der Waals surface area contributed by atoms with Crippen LogP contribution in [0.1, 0.15) is 0 Å². The lowest BCUT2D eigenvalue weighted by atomic mass is 10.0. The number of aliphatic hydroxyl groups is 6. The molecule has 8 N–H and O–H groups in total. The molecular formula is C6H15BO9. The molecule has 0 fully saturated rings. The van der Waals surface area contributed by atoms with Crippen LogP contribution in [0.4, 0.5) is 0 Å². The summed E-state index contributed by atoms with van der Waals surface area (Å²) in [6, 6.07) is 0. The van der Waals surface area contributed by atoms with Gasteiger partial charge >= 0.3 is 7.32 Å². The first-order valence-corrected chi connectivity index (χ1v) is 4.34. The monoisotopic (exact) mass is 242 g/mol. The van der Waals surface area contributed by atoms with E-state index in [9.17, 15) is 5.11 Å². The highest BCUT2D eigenvalue weighted by molar-refractivity contribution is 6.32. The van der Waals surface area contributed by atoms with Crippen LogP contribution in [0.15, 0.2) is 0 Å². The van der Waals surface area contributed by atoms with Crippen LogP contribution in [0.3, 0.4) is 0 Å². The molecule has 0 radical (unpaired) electrons. The van der Waals surface area contributed by atoms with Crippen molar-refractivity contribution >= 4 is 7.32 Å². The van der Waals surface area contributed by atoms with E-state index in [0.29, 0.717) is 0 Å². The van der Waals surface area contributed by atoms with Crippen LogP contribution in [0.2, 0.25) is 0 Å². The Bertz CT molecular complexity index is 191. The predicted octanol–water partition coefficient (Wildman–Crippen LogP) is -5.27. The molecule has 96 valence electrons. The molecular weight excluding hydrogens is 227 g/mol. The van der Waals surface area contributed by atoms with Gasteiger partial charge in [-0.1, -0.05) is 0 Å². The first-order chi connectivity index (χ1) is 7.31. The van der Waals surface area contributed by atoms with Gasteiger partial charge in [-0.15, -0.1) is 0 Å². The van der Waals surface area contributed by atoms with Crippen LogP contribution in [-0.2, 0) is 4.65 Å². The Labute approximate surface area is 91.0 Å². The summed E-state index contributed by atoms with van der Waals surface area (Å²) in [6.45, 7) is -0.871. The van der Waals surface area contributed by atoms with Crippen LogP contribution in [0, 0.1) is 0 Å². The van der Waals surface area contributed by atoms with Crippen LogP contribution in [0.25, 0.3) is 0 Å². The molecule has 0 spiro atoms. The highest BCUT2D eigenvalue weighted by Crippen LogP contribution is 2.09. The Kier molecular flexibility index (Phi) is 6.98. The molecule has 0 aliphatic carbocycles. The van der Waals surface area contributed by atoms with Gasteiger partial charge in [0, 0.05) is 0 Å². The van der Waals surface area contributed by atoms with Gasteiger partial charge in [0.2, 0.25) is 0 Å². The molecule has 0 aliphatic heterocycles. The summed E-state index contributed by atoms with van der Waals surface area (Å²) in [5.41, 5.74) is 0.